The Morgan fingerprint density at radius 1 is 1.22 bits per heavy atom. The predicted molar refractivity (Wildman–Crippen MR) is 127 cm³/mol. The molecule has 1 aliphatic rings. The number of nitrogens with one attached hydrogen (secondary N) is 2. The highest BCUT2D eigenvalue weighted by atomic mass is 16.6. The summed E-state index contributed by atoms with van der Waals surface area (Å²) in [6, 6.07) is 4.33. The Morgan fingerprint density at radius 2 is 1.95 bits per heavy atom. The smallest absolute Gasteiger partial charge is 0.335 e. The van der Waals surface area contributed by atoms with Crippen LogP contribution in [0, 0.1) is 0 Å². The molecule has 0 spiro atoms. The van der Waals surface area contributed by atoms with Gasteiger partial charge in [0.15, 0.2) is 23.8 Å². The van der Waals surface area contributed by atoms with Gasteiger partial charge < -0.3 is 41.8 Å². The minimum Gasteiger partial charge on any atom is -0.497 e. The molecule has 3 heterocycles. The SMILES string of the molecule is COc1ccc(C[C@H](NC(=O)CN)C(=O)N[C@H]2[C@@H](O)[C@H](n3cnc4c(N)ncnc43)O[C@@H]2C(=O)O)cc1. The quantitative estimate of drug-likeness (QED) is 0.181. The van der Waals surface area contributed by atoms with Crippen LogP contribution in [0.25, 0.3) is 11.2 Å². The topological polar surface area (TPSA) is 230 Å². The molecule has 0 aliphatic carbocycles. The molecule has 15 nitrogen and oxygen atoms in total. The molecule has 37 heavy (non-hydrogen) atoms. The van der Waals surface area contributed by atoms with E-state index in [9.17, 15) is 24.6 Å². The van der Waals surface area contributed by atoms with Gasteiger partial charge in [0.05, 0.1) is 26.0 Å². The number of carboxylic acid groups (broad SMARTS) is 1. The monoisotopic (exact) mass is 514 g/mol. The van der Waals surface area contributed by atoms with Crippen LogP contribution in [0.2, 0.25) is 0 Å². The highest BCUT2D eigenvalue weighted by Crippen LogP contribution is 2.32. The van der Waals surface area contributed by atoms with Crippen molar-refractivity contribution in [2.24, 2.45) is 5.73 Å². The number of rotatable bonds is 9. The maximum atomic E-state index is 13.2. The van der Waals surface area contributed by atoms with E-state index in [1.54, 1.807) is 24.3 Å². The maximum absolute atomic E-state index is 13.2. The second-order valence-corrected chi connectivity index (χ2v) is 8.27. The van der Waals surface area contributed by atoms with Crippen molar-refractivity contribution in [1.29, 1.82) is 0 Å². The minimum absolute atomic E-state index is 0.0642. The lowest BCUT2D eigenvalue weighted by molar-refractivity contribution is -0.152. The molecule has 8 N–H and O–H groups in total. The molecule has 15 heteroatoms. The normalized spacial score (nSPS) is 21.9. The highest BCUT2D eigenvalue weighted by molar-refractivity contribution is 5.89. The van der Waals surface area contributed by atoms with Crippen LogP contribution in [0.15, 0.2) is 36.9 Å². The van der Waals surface area contributed by atoms with Crippen LogP contribution in [0.1, 0.15) is 11.8 Å². The molecule has 1 fully saturated rings. The number of carboxylic acids is 1. The standard InChI is InChI=1S/C22H26N8O7/c1-36-11-4-2-10(3-5-11)6-12(28-13(31)7-23)20(33)29-14-16(32)21(37-17(14)22(34)35)30-9-27-15-18(24)25-8-26-19(15)30/h2-5,8-9,12,14,16-17,21,32H,6-7,23H2,1H3,(H,28,31)(H,29,33)(H,34,35)(H2,24,25,26)/t12-,14-,16+,17-,21+/m0/s1. The Kier molecular flexibility index (Phi) is 7.47. The van der Waals surface area contributed by atoms with E-state index < -0.39 is 48.3 Å². The third-order valence-electron chi connectivity index (χ3n) is 5.92. The largest absolute Gasteiger partial charge is 0.497 e. The molecule has 1 aliphatic heterocycles. The summed E-state index contributed by atoms with van der Waals surface area (Å²) in [4.78, 5) is 49.2. The molecule has 1 aromatic carbocycles. The number of aliphatic hydroxyl groups is 1. The van der Waals surface area contributed by atoms with E-state index in [4.69, 9.17) is 20.9 Å². The summed E-state index contributed by atoms with van der Waals surface area (Å²) in [6.45, 7) is -0.361. The zero-order chi connectivity index (χ0) is 26.7. The van der Waals surface area contributed by atoms with E-state index >= 15 is 0 Å². The number of nitrogen functional groups attached to an aromatic ring is 1. The van der Waals surface area contributed by atoms with Crippen molar-refractivity contribution >= 4 is 34.8 Å². The number of nitrogens with zero attached hydrogens (tertiary/aromatic N) is 4. The second kappa shape index (κ2) is 10.7. The van der Waals surface area contributed by atoms with Crippen molar-refractivity contribution in [2.45, 2.75) is 36.9 Å². The van der Waals surface area contributed by atoms with Crippen LogP contribution in [-0.4, -0.2) is 85.5 Å². The molecule has 4 rings (SSSR count). The van der Waals surface area contributed by atoms with Gasteiger partial charge in [0.2, 0.25) is 11.8 Å². The first kappa shape index (κ1) is 25.7. The number of nitrogens with two attached hydrogens (primary N) is 2. The summed E-state index contributed by atoms with van der Waals surface area (Å²) in [5.74, 6) is -2.04. The lowest BCUT2D eigenvalue weighted by Gasteiger charge is -2.24. The van der Waals surface area contributed by atoms with Gasteiger partial charge in [-0.2, -0.15) is 0 Å². The molecule has 1 saturated heterocycles. The number of carbonyl (C=O) groups is 3. The highest BCUT2D eigenvalue weighted by Gasteiger charge is 2.50. The number of ether oxygens (including phenoxy) is 2. The zero-order valence-corrected chi connectivity index (χ0v) is 19.6. The first-order valence-electron chi connectivity index (χ1n) is 11.2. The zero-order valence-electron chi connectivity index (χ0n) is 19.6. The maximum Gasteiger partial charge on any atom is 0.335 e. The van der Waals surface area contributed by atoms with E-state index in [0.717, 1.165) is 0 Å². The molecular formula is C22H26N8O7. The fraction of sp³-hybridized carbons (Fsp3) is 0.364. The number of benzene rings is 1. The van der Waals surface area contributed by atoms with Gasteiger partial charge in [0.25, 0.3) is 0 Å². The Balaban J connectivity index is 1.57. The van der Waals surface area contributed by atoms with Gasteiger partial charge in [0, 0.05) is 6.42 Å². The first-order valence-corrected chi connectivity index (χ1v) is 11.2. The van der Waals surface area contributed by atoms with Crippen LogP contribution in [0.5, 0.6) is 5.75 Å². The van der Waals surface area contributed by atoms with E-state index in [-0.39, 0.29) is 29.9 Å². The lowest BCUT2D eigenvalue weighted by Crippen LogP contribution is -2.56. The van der Waals surface area contributed by atoms with Gasteiger partial charge in [-0.3, -0.25) is 14.2 Å². The Morgan fingerprint density at radius 3 is 2.59 bits per heavy atom. The van der Waals surface area contributed by atoms with E-state index in [2.05, 4.69) is 25.6 Å². The fourth-order valence-electron chi connectivity index (χ4n) is 4.06. The molecule has 196 valence electrons. The van der Waals surface area contributed by atoms with Crippen molar-refractivity contribution in [3.63, 3.8) is 0 Å². The number of anilines is 1. The number of aliphatic carboxylic acids is 1. The average molecular weight is 514 g/mol. The first-order chi connectivity index (χ1) is 17.7. The number of hydrogen-bond donors (Lipinski definition) is 6. The van der Waals surface area contributed by atoms with E-state index in [1.807, 2.05) is 0 Å². The number of carbonyl (C=O) groups excluding carboxylic acids is 2. The van der Waals surface area contributed by atoms with Crippen molar-refractivity contribution < 1.29 is 34.1 Å². The van der Waals surface area contributed by atoms with Crippen molar-refractivity contribution in [3.8, 4) is 5.75 Å². The van der Waals surface area contributed by atoms with Gasteiger partial charge in [-0.05, 0) is 17.7 Å². The molecule has 0 bridgehead atoms. The number of hydrogen-bond acceptors (Lipinski definition) is 11. The summed E-state index contributed by atoms with van der Waals surface area (Å²) in [5, 5.41) is 25.8. The van der Waals surface area contributed by atoms with Crippen molar-refractivity contribution in [3.05, 3.63) is 42.5 Å². The second-order valence-electron chi connectivity index (χ2n) is 8.27. The Bertz CT molecular complexity index is 1300. The van der Waals surface area contributed by atoms with Gasteiger partial charge in [-0.1, -0.05) is 12.1 Å². The summed E-state index contributed by atoms with van der Waals surface area (Å²) in [7, 11) is 1.52. The summed E-state index contributed by atoms with van der Waals surface area (Å²) < 4.78 is 12.0. The van der Waals surface area contributed by atoms with Crippen LogP contribution in [0.3, 0.4) is 0 Å². The summed E-state index contributed by atoms with van der Waals surface area (Å²) in [6.07, 6.45) is -1.87. The number of aromatic nitrogens is 4. The molecule has 0 radical (unpaired) electrons. The Hall–Kier alpha value is -4.34. The minimum atomic E-state index is -1.62. The molecular weight excluding hydrogens is 488 g/mol. The fourth-order valence-corrected chi connectivity index (χ4v) is 4.06. The number of fused-ring (bicyclic) bond motifs is 1. The molecule has 0 unspecified atom stereocenters. The Labute approximate surface area is 209 Å². The van der Waals surface area contributed by atoms with Crippen LogP contribution >= 0.6 is 0 Å². The molecule has 3 aromatic rings. The molecule has 2 amide bonds. The van der Waals surface area contributed by atoms with Crippen LogP contribution in [0.4, 0.5) is 5.82 Å². The predicted octanol–water partition coefficient (Wildman–Crippen LogP) is -2.07. The molecule has 5 atom stereocenters. The van der Waals surface area contributed by atoms with Gasteiger partial charge >= 0.3 is 5.97 Å². The van der Waals surface area contributed by atoms with Crippen molar-refractivity contribution in [2.75, 3.05) is 19.4 Å². The van der Waals surface area contributed by atoms with Crippen LogP contribution in [-0.2, 0) is 25.5 Å². The summed E-state index contributed by atoms with van der Waals surface area (Å²) >= 11 is 0. The van der Waals surface area contributed by atoms with Gasteiger partial charge in [0.1, 0.15) is 29.7 Å². The number of methoxy groups -OCH3 is 1. The van der Waals surface area contributed by atoms with Crippen LogP contribution < -0.4 is 26.8 Å². The van der Waals surface area contributed by atoms with Gasteiger partial charge in [-0.25, -0.2) is 19.7 Å². The number of imidazole rings is 1. The lowest BCUT2D eigenvalue weighted by atomic mass is 10.0. The van der Waals surface area contributed by atoms with Gasteiger partial charge in [-0.15, -0.1) is 0 Å². The molecule has 0 saturated carbocycles. The van der Waals surface area contributed by atoms with Crippen molar-refractivity contribution in [1.82, 2.24) is 30.2 Å². The number of amides is 2. The number of aliphatic hydroxyl groups excluding tert-OH is 1. The summed E-state index contributed by atoms with van der Waals surface area (Å²) in [5.41, 5.74) is 12.3. The third-order valence-corrected chi connectivity index (χ3v) is 5.92. The molecule has 2 aromatic heterocycles. The van der Waals surface area contributed by atoms with E-state index in [0.29, 0.717) is 11.3 Å². The van der Waals surface area contributed by atoms with E-state index in [1.165, 1.54) is 24.3 Å². The average Bonchev–Trinajstić information content (AvgIpc) is 3.46. The third kappa shape index (κ3) is 5.28.